The second-order valence-electron chi connectivity index (χ2n) is 14.9. The van der Waals surface area contributed by atoms with Gasteiger partial charge in [-0.2, -0.15) is 0 Å². The van der Waals surface area contributed by atoms with Crippen LogP contribution in [0.1, 0.15) is 113 Å². The van der Waals surface area contributed by atoms with Crippen molar-refractivity contribution in [3.8, 4) is 0 Å². The number of aliphatic carboxylic acids is 1. The standard InChI is InChI=1S/C30H47NO3/c1-25(2)14-16-30(24(32)33)17-15-28(6)19(20(30)18-25)8-9-22-27(5)12-11-23(31-34)26(3,4)21(27)10-13-29(22,28)7/h8,20-22,34H,9-18H2,1-7H3,(H,32,33)/b31-23-/t20-,21+,22+,27+,28-,29+,30+/m0/s1. The number of nitrogens with zero attached hydrogens (tertiary/aromatic N) is 1. The summed E-state index contributed by atoms with van der Waals surface area (Å²) in [6.07, 6.45) is 12.6. The van der Waals surface area contributed by atoms with E-state index in [9.17, 15) is 15.1 Å². The summed E-state index contributed by atoms with van der Waals surface area (Å²) in [4.78, 5) is 12.8. The van der Waals surface area contributed by atoms with Crippen molar-refractivity contribution in [2.75, 3.05) is 0 Å². The quantitative estimate of drug-likeness (QED) is 0.235. The van der Waals surface area contributed by atoms with Crippen LogP contribution in [0.4, 0.5) is 0 Å². The minimum atomic E-state index is -0.565. The van der Waals surface area contributed by atoms with E-state index in [0.29, 0.717) is 11.8 Å². The van der Waals surface area contributed by atoms with Gasteiger partial charge in [-0.3, -0.25) is 4.79 Å². The third-order valence-electron chi connectivity index (χ3n) is 13.0. The predicted molar refractivity (Wildman–Crippen MR) is 136 cm³/mol. The van der Waals surface area contributed by atoms with Crippen LogP contribution in [-0.4, -0.2) is 22.0 Å². The Bertz CT molecular complexity index is 962. The van der Waals surface area contributed by atoms with Gasteiger partial charge in [0.2, 0.25) is 0 Å². The normalized spacial score (nSPS) is 50.3. The summed E-state index contributed by atoms with van der Waals surface area (Å²) in [6, 6.07) is 0. The molecule has 4 nitrogen and oxygen atoms in total. The predicted octanol–water partition coefficient (Wildman–Crippen LogP) is 7.70. The van der Waals surface area contributed by atoms with Crippen LogP contribution in [0.15, 0.2) is 16.8 Å². The van der Waals surface area contributed by atoms with Gasteiger partial charge in [0.25, 0.3) is 0 Å². The number of rotatable bonds is 1. The smallest absolute Gasteiger partial charge is 0.310 e. The van der Waals surface area contributed by atoms with E-state index in [0.717, 1.165) is 57.1 Å². The van der Waals surface area contributed by atoms with E-state index in [2.05, 4.69) is 59.7 Å². The monoisotopic (exact) mass is 469 g/mol. The zero-order chi connectivity index (χ0) is 24.9. The van der Waals surface area contributed by atoms with Crippen molar-refractivity contribution in [1.29, 1.82) is 0 Å². The number of carboxylic acids is 1. The fourth-order valence-electron chi connectivity index (χ4n) is 10.6. The molecule has 0 amide bonds. The molecule has 4 heteroatoms. The lowest BCUT2D eigenvalue weighted by atomic mass is 9.33. The molecule has 2 N–H and O–H groups in total. The molecular weight excluding hydrogens is 422 g/mol. The Balaban J connectivity index is 1.60. The van der Waals surface area contributed by atoms with Crippen LogP contribution < -0.4 is 0 Å². The highest BCUT2D eigenvalue weighted by Gasteiger charge is 2.69. The van der Waals surface area contributed by atoms with E-state index in [1.165, 1.54) is 18.4 Å². The highest BCUT2D eigenvalue weighted by molar-refractivity contribution is 5.90. The highest BCUT2D eigenvalue weighted by atomic mass is 16.4. The number of allylic oxidation sites excluding steroid dienone is 2. The maximum Gasteiger partial charge on any atom is 0.310 e. The van der Waals surface area contributed by atoms with Crippen LogP contribution in [0, 0.1) is 50.2 Å². The minimum Gasteiger partial charge on any atom is -0.481 e. The lowest BCUT2D eigenvalue weighted by Crippen LogP contribution is -2.64. The summed E-state index contributed by atoms with van der Waals surface area (Å²) >= 11 is 0. The molecule has 7 atom stereocenters. The largest absolute Gasteiger partial charge is 0.481 e. The molecule has 0 saturated heterocycles. The molecule has 0 aliphatic heterocycles. The molecule has 5 aliphatic carbocycles. The molecule has 0 spiro atoms. The summed E-state index contributed by atoms with van der Waals surface area (Å²) < 4.78 is 0. The Kier molecular flexibility index (Phi) is 5.11. The minimum absolute atomic E-state index is 0.0659. The summed E-state index contributed by atoms with van der Waals surface area (Å²) in [5.74, 6) is 0.725. The summed E-state index contributed by atoms with van der Waals surface area (Å²) in [6.45, 7) is 16.9. The summed E-state index contributed by atoms with van der Waals surface area (Å²) in [5.41, 5.74) is 2.50. The Hall–Kier alpha value is -1.32. The van der Waals surface area contributed by atoms with Gasteiger partial charge < -0.3 is 10.3 Å². The maximum atomic E-state index is 12.8. The van der Waals surface area contributed by atoms with Gasteiger partial charge in [-0.1, -0.05) is 65.3 Å². The van der Waals surface area contributed by atoms with Gasteiger partial charge in [0.05, 0.1) is 11.1 Å². The molecule has 0 aromatic heterocycles. The second kappa shape index (κ2) is 7.13. The van der Waals surface area contributed by atoms with E-state index in [1.807, 2.05) is 0 Å². The van der Waals surface area contributed by atoms with Gasteiger partial charge >= 0.3 is 5.97 Å². The van der Waals surface area contributed by atoms with Crippen LogP contribution in [-0.2, 0) is 4.79 Å². The molecule has 0 aromatic carbocycles. The molecule has 5 aliphatic rings. The Morgan fingerprint density at radius 3 is 2.26 bits per heavy atom. The fraction of sp³-hybridized carbons (Fsp3) is 0.867. The molecule has 0 radical (unpaired) electrons. The lowest BCUT2D eigenvalue weighted by Gasteiger charge is -2.70. The average Bonchev–Trinajstić information content (AvgIpc) is 2.73. The highest BCUT2D eigenvalue weighted by Crippen LogP contribution is 2.75. The van der Waals surface area contributed by atoms with Gasteiger partial charge in [0.1, 0.15) is 0 Å². The maximum absolute atomic E-state index is 12.8. The van der Waals surface area contributed by atoms with Crippen LogP contribution in [0.25, 0.3) is 0 Å². The molecule has 0 unspecified atom stereocenters. The molecular formula is C30H47NO3. The first kappa shape index (κ1) is 24.4. The van der Waals surface area contributed by atoms with Crippen molar-refractivity contribution in [2.24, 2.45) is 55.4 Å². The number of carboxylic acid groups (broad SMARTS) is 1. The molecule has 190 valence electrons. The van der Waals surface area contributed by atoms with E-state index in [-0.39, 0.29) is 33.0 Å². The first-order chi connectivity index (χ1) is 15.7. The molecule has 5 rings (SSSR count). The third kappa shape index (κ3) is 2.83. The van der Waals surface area contributed by atoms with E-state index >= 15 is 0 Å². The van der Waals surface area contributed by atoms with Crippen molar-refractivity contribution in [3.63, 3.8) is 0 Å². The van der Waals surface area contributed by atoms with Crippen molar-refractivity contribution < 1.29 is 15.1 Å². The van der Waals surface area contributed by atoms with Crippen LogP contribution in [0.5, 0.6) is 0 Å². The fourth-order valence-corrected chi connectivity index (χ4v) is 10.6. The molecule has 0 aromatic rings. The number of hydrogen-bond acceptors (Lipinski definition) is 3. The number of hydrogen-bond donors (Lipinski definition) is 2. The van der Waals surface area contributed by atoms with E-state index in [1.54, 1.807) is 0 Å². The van der Waals surface area contributed by atoms with Crippen molar-refractivity contribution in [1.82, 2.24) is 0 Å². The first-order valence-corrected chi connectivity index (χ1v) is 13.8. The second-order valence-corrected chi connectivity index (χ2v) is 14.9. The SMILES string of the molecule is CC1(C)CC[C@@]2(C(=O)O)CC[C@@]3(C)C(=CC[C@@H]4[C@]5(C)CC/C(=N/O)C(C)(C)[C@H]5CC[C@]43C)[C@@H]2C1. The van der Waals surface area contributed by atoms with Crippen LogP contribution in [0.2, 0.25) is 0 Å². The van der Waals surface area contributed by atoms with Gasteiger partial charge in [-0.25, -0.2) is 0 Å². The van der Waals surface area contributed by atoms with Crippen LogP contribution >= 0.6 is 0 Å². The van der Waals surface area contributed by atoms with Crippen molar-refractivity contribution in [3.05, 3.63) is 11.6 Å². The van der Waals surface area contributed by atoms with Gasteiger partial charge in [0, 0.05) is 5.41 Å². The molecule has 0 bridgehead atoms. The zero-order valence-corrected chi connectivity index (χ0v) is 22.6. The van der Waals surface area contributed by atoms with Crippen LogP contribution in [0.3, 0.4) is 0 Å². The lowest BCUT2D eigenvalue weighted by molar-refractivity contribution is -0.178. The number of carbonyl (C=O) groups is 1. The molecule has 4 saturated carbocycles. The summed E-state index contributed by atoms with van der Waals surface area (Å²) in [5, 5.41) is 24.0. The van der Waals surface area contributed by atoms with Gasteiger partial charge in [0.15, 0.2) is 0 Å². The zero-order valence-electron chi connectivity index (χ0n) is 22.6. The average molecular weight is 470 g/mol. The molecule has 4 fully saturated rings. The number of oxime groups is 1. The Morgan fingerprint density at radius 2 is 1.62 bits per heavy atom. The van der Waals surface area contributed by atoms with Crippen molar-refractivity contribution in [2.45, 2.75) is 113 Å². The Morgan fingerprint density at radius 1 is 0.941 bits per heavy atom. The Labute approximate surface area is 206 Å². The van der Waals surface area contributed by atoms with Gasteiger partial charge in [-0.15, -0.1) is 0 Å². The van der Waals surface area contributed by atoms with E-state index < -0.39 is 11.4 Å². The summed E-state index contributed by atoms with van der Waals surface area (Å²) in [7, 11) is 0. The topological polar surface area (TPSA) is 69.9 Å². The number of fused-ring (bicyclic) bond motifs is 7. The molecule has 0 heterocycles. The third-order valence-corrected chi connectivity index (χ3v) is 13.0. The van der Waals surface area contributed by atoms with E-state index in [4.69, 9.17) is 0 Å². The molecule has 34 heavy (non-hydrogen) atoms. The van der Waals surface area contributed by atoms with Gasteiger partial charge in [-0.05, 0) is 104 Å². The first-order valence-electron chi connectivity index (χ1n) is 13.8. The van der Waals surface area contributed by atoms with Crippen molar-refractivity contribution >= 4 is 11.7 Å².